The largest absolute Gasteiger partial charge is 0.491 e. The molecule has 0 spiro atoms. The van der Waals surface area contributed by atoms with Crippen molar-refractivity contribution in [1.29, 1.82) is 5.26 Å². The highest BCUT2D eigenvalue weighted by molar-refractivity contribution is 5.31. The van der Waals surface area contributed by atoms with Gasteiger partial charge < -0.3 is 4.74 Å². The molecule has 0 saturated heterocycles. The third-order valence-electron chi connectivity index (χ3n) is 3.63. The van der Waals surface area contributed by atoms with Gasteiger partial charge >= 0.3 is 0 Å². The minimum Gasteiger partial charge on any atom is -0.491 e. The average molecular weight is 274 g/mol. The van der Waals surface area contributed by atoms with Crippen molar-refractivity contribution in [3.05, 3.63) is 29.8 Å². The Labute approximate surface area is 123 Å². The van der Waals surface area contributed by atoms with Gasteiger partial charge in [-0.3, -0.25) is 5.32 Å². The van der Waals surface area contributed by atoms with E-state index in [4.69, 9.17) is 10.00 Å². The second kappa shape index (κ2) is 7.31. The second-order valence-electron chi connectivity index (χ2n) is 6.08. The Balaban J connectivity index is 2.60. The molecule has 0 aliphatic rings. The van der Waals surface area contributed by atoms with Crippen molar-refractivity contribution in [3.8, 4) is 11.8 Å². The lowest BCUT2D eigenvalue weighted by Gasteiger charge is -2.23. The standard InChI is InChI=1S/C17H26N2O/c1-6-17(4,5)14-7-9-16(10-8-14)20-12-15(11-18)19-13(2)3/h7-10,13,15,19H,6,12H2,1-5H3. The zero-order chi connectivity index (χ0) is 15.2. The molecule has 0 amide bonds. The van der Waals surface area contributed by atoms with Gasteiger partial charge in [-0.1, -0.05) is 32.9 Å². The molecule has 3 nitrogen and oxygen atoms in total. The molecule has 110 valence electrons. The van der Waals surface area contributed by atoms with Crippen LogP contribution >= 0.6 is 0 Å². The van der Waals surface area contributed by atoms with E-state index in [0.29, 0.717) is 6.61 Å². The van der Waals surface area contributed by atoms with Crippen LogP contribution in [-0.4, -0.2) is 18.7 Å². The summed E-state index contributed by atoms with van der Waals surface area (Å²) in [6, 6.07) is 10.4. The fraction of sp³-hybridized carbons (Fsp3) is 0.588. The number of hydrogen-bond acceptors (Lipinski definition) is 3. The fourth-order valence-corrected chi connectivity index (χ4v) is 1.91. The Kier molecular flexibility index (Phi) is 6.04. The van der Waals surface area contributed by atoms with Gasteiger partial charge in [0.15, 0.2) is 0 Å². The van der Waals surface area contributed by atoms with Gasteiger partial charge in [0.2, 0.25) is 0 Å². The van der Waals surface area contributed by atoms with Crippen LogP contribution in [0.2, 0.25) is 0 Å². The van der Waals surface area contributed by atoms with Gasteiger partial charge in [0.1, 0.15) is 18.4 Å². The van der Waals surface area contributed by atoms with E-state index in [1.165, 1.54) is 5.56 Å². The summed E-state index contributed by atoms with van der Waals surface area (Å²) < 4.78 is 5.68. The van der Waals surface area contributed by atoms with Crippen LogP contribution < -0.4 is 10.1 Å². The number of hydrogen-bond donors (Lipinski definition) is 1. The number of benzene rings is 1. The van der Waals surface area contributed by atoms with Gasteiger partial charge in [0.25, 0.3) is 0 Å². The van der Waals surface area contributed by atoms with E-state index in [1.807, 2.05) is 26.0 Å². The monoisotopic (exact) mass is 274 g/mol. The van der Waals surface area contributed by atoms with Crippen LogP contribution in [-0.2, 0) is 5.41 Å². The molecule has 1 unspecified atom stereocenters. The molecule has 3 heteroatoms. The Morgan fingerprint density at radius 1 is 1.25 bits per heavy atom. The van der Waals surface area contributed by atoms with Crippen LogP contribution in [0.1, 0.15) is 46.6 Å². The zero-order valence-electron chi connectivity index (χ0n) is 13.2. The molecule has 1 rings (SSSR count). The van der Waals surface area contributed by atoms with E-state index in [9.17, 15) is 0 Å². The number of nitrogens with zero attached hydrogens (tertiary/aromatic N) is 1. The van der Waals surface area contributed by atoms with Gasteiger partial charge in [0.05, 0.1) is 6.07 Å². The summed E-state index contributed by atoms with van der Waals surface area (Å²) in [6.45, 7) is 11.1. The van der Waals surface area contributed by atoms with Gasteiger partial charge in [-0.05, 0) is 43.4 Å². The van der Waals surface area contributed by atoms with Crippen molar-refractivity contribution in [2.75, 3.05) is 6.61 Å². The Morgan fingerprint density at radius 2 is 1.85 bits per heavy atom. The first kappa shape index (κ1) is 16.5. The molecule has 0 aromatic heterocycles. The minimum absolute atomic E-state index is 0.187. The van der Waals surface area contributed by atoms with E-state index in [1.54, 1.807) is 0 Å². The number of nitrogens with one attached hydrogen (secondary N) is 1. The second-order valence-corrected chi connectivity index (χ2v) is 6.08. The van der Waals surface area contributed by atoms with Gasteiger partial charge in [-0.25, -0.2) is 0 Å². The average Bonchev–Trinajstić information content (AvgIpc) is 2.43. The molecule has 1 N–H and O–H groups in total. The normalized spacial score (nSPS) is 13.1. The Hall–Kier alpha value is -1.53. The summed E-state index contributed by atoms with van der Waals surface area (Å²) in [5, 5.41) is 12.2. The highest BCUT2D eigenvalue weighted by Crippen LogP contribution is 2.27. The maximum Gasteiger partial charge on any atom is 0.130 e. The van der Waals surface area contributed by atoms with Crippen LogP contribution in [0.4, 0.5) is 0 Å². The number of ether oxygens (including phenoxy) is 1. The van der Waals surface area contributed by atoms with E-state index < -0.39 is 0 Å². The molecule has 0 saturated carbocycles. The highest BCUT2D eigenvalue weighted by Gasteiger charge is 2.17. The highest BCUT2D eigenvalue weighted by atomic mass is 16.5. The predicted octanol–water partition coefficient (Wildman–Crippen LogP) is 3.64. The summed E-state index contributed by atoms with van der Waals surface area (Å²) in [5.41, 5.74) is 1.50. The van der Waals surface area contributed by atoms with Crippen LogP contribution in [0.3, 0.4) is 0 Å². The van der Waals surface area contributed by atoms with E-state index in [2.05, 4.69) is 44.3 Å². The molecule has 0 heterocycles. The molecule has 1 aromatic carbocycles. The first-order chi connectivity index (χ1) is 9.39. The van der Waals surface area contributed by atoms with E-state index >= 15 is 0 Å². The zero-order valence-corrected chi connectivity index (χ0v) is 13.2. The summed E-state index contributed by atoms with van der Waals surface area (Å²) in [4.78, 5) is 0. The summed E-state index contributed by atoms with van der Waals surface area (Å²) in [5.74, 6) is 0.812. The lowest BCUT2D eigenvalue weighted by atomic mass is 9.82. The lowest BCUT2D eigenvalue weighted by Crippen LogP contribution is -2.37. The topological polar surface area (TPSA) is 45.0 Å². The first-order valence-corrected chi connectivity index (χ1v) is 7.28. The van der Waals surface area contributed by atoms with Crippen LogP contribution in [0.25, 0.3) is 0 Å². The molecule has 0 radical (unpaired) electrons. The van der Waals surface area contributed by atoms with Crippen LogP contribution in [0.15, 0.2) is 24.3 Å². The van der Waals surface area contributed by atoms with Crippen LogP contribution in [0.5, 0.6) is 5.75 Å². The van der Waals surface area contributed by atoms with Crippen molar-refractivity contribution in [2.24, 2.45) is 0 Å². The minimum atomic E-state index is -0.276. The van der Waals surface area contributed by atoms with Gasteiger partial charge in [0, 0.05) is 6.04 Å². The Bertz CT molecular complexity index is 443. The summed E-state index contributed by atoms with van der Waals surface area (Å²) in [6.07, 6.45) is 1.10. The van der Waals surface area contributed by atoms with E-state index in [0.717, 1.165) is 12.2 Å². The smallest absolute Gasteiger partial charge is 0.130 e. The fourth-order valence-electron chi connectivity index (χ4n) is 1.91. The SMILES string of the molecule is CCC(C)(C)c1ccc(OCC(C#N)NC(C)C)cc1. The molecule has 0 aliphatic carbocycles. The molecule has 20 heavy (non-hydrogen) atoms. The molecular formula is C17H26N2O. The molecule has 0 fully saturated rings. The lowest BCUT2D eigenvalue weighted by molar-refractivity contribution is 0.282. The molecular weight excluding hydrogens is 248 g/mol. The maximum absolute atomic E-state index is 9.04. The van der Waals surface area contributed by atoms with Crippen molar-refractivity contribution in [2.45, 2.75) is 58.5 Å². The third-order valence-corrected chi connectivity index (χ3v) is 3.63. The molecule has 1 atom stereocenters. The molecule has 1 aromatic rings. The van der Waals surface area contributed by atoms with Crippen molar-refractivity contribution >= 4 is 0 Å². The summed E-state index contributed by atoms with van der Waals surface area (Å²) >= 11 is 0. The quantitative estimate of drug-likeness (QED) is 0.825. The van der Waals surface area contributed by atoms with Crippen LogP contribution in [0, 0.1) is 11.3 Å². The maximum atomic E-state index is 9.04. The number of nitriles is 1. The number of rotatable bonds is 7. The third kappa shape index (κ3) is 4.86. The van der Waals surface area contributed by atoms with Crippen molar-refractivity contribution < 1.29 is 4.74 Å². The first-order valence-electron chi connectivity index (χ1n) is 7.28. The van der Waals surface area contributed by atoms with Gasteiger partial charge in [-0.2, -0.15) is 5.26 Å². The molecule has 0 bridgehead atoms. The summed E-state index contributed by atoms with van der Waals surface area (Å²) in [7, 11) is 0. The van der Waals surface area contributed by atoms with E-state index in [-0.39, 0.29) is 17.5 Å². The molecule has 0 aliphatic heterocycles. The predicted molar refractivity (Wildman–Crippen MR) is 82.9 cm³/mol. The van der Waals surface area contributed by atoms with Crippen molar-refractivity contribution in [1.82, 2.24) is 5.32 Å². The van der Waals surface area contributed by atoms with Gasteiger partial charge in [-0.15, -0.1) is 0 Å². The van der Waals surface area contributed by atoms with Crippen molar-refractivity contribution in [3.63, 3.8) is 0 Å². The Morgan fingerprint density at radius 3 is 2.30 bits per heavy atom.